The molecule has 0 saturated carbocycles. The Morgan fingerprint density at radius 1 is 1.38 bits per heavy atom. The minimum atomic E-state index is -0.157. The normalized spacial score (nSPS) is 18.4. The van der Waals surface area contributed by atoms with E-state index in [9.17, 15) is 4.79 Å². The summed E-state index contributed by atoms with van der Waals surface area (Å²) in [6.07, 6.45) is 11.7. The van der Waals surface area contributed by atoms with Gasteiger partial charge in [0, 0.05) is 19.6 Å². The van der Waals surface area contributed by atoms with Crippen LogP contribution in [0.25, 0.3) is 6.08 Å². The van der Waals surface area contributed by atoms with Gasteiger partial charge >= 0.3 is 0 Å². The summed E-state index contributed by atoms with van der Waals surface area (Å²) in [4.78, 5) is 17.0. The highest BCUT2D eigenvalue weighted by atomic mass is 16.2. The topological polar surface area (TPSA) is 35.6 Å². The van der Waals surface area contributed by atoms with Crippen LogP contribution in [0.5, 0.6) is 0 Å². The van der Waals surface area contributed by atoms with Crippen LogP contribution in [0, 0.1) is 0 Å². The molecule has 1 aromatic rings. The van der Waals surface area contributed by atoms with E-state index in [2.05, 4.69) is 53.5 Å². The predicted molar refractivity (Wildman–Crippen MR) is 124 cm³/mol. The van der Waals surface area contributed by atoms with Crippen LogP contribution in [0.15, 0.2) is 37.4 Å². The van der Waals surface area contributed by atoms with Crippen LogP contribution in [0.3, 0.4) is 0 Å². The van der Waals surface area contributed by atoms with Crippen LogP contribution in [0.4, 0.5) is 0 Å². The average molecular weight is 398 g/mol. The molecule has 1 N–H and O–H groups in total. The Kier molecular flexibility index (Phi) is 9.62. The highest BCUT2D eigenvalue weighted by molar-refractivity contribution is 5.81. The predicted octanol–water partition coefficient (Wildman–Crippen LogP) is 4.26. The number of piperidine rings is 1. The zero-order chi connectivity index (χ0) is 21.2. The van der Waals surface area contributed by atoms with Crippen molar-refractivity contribution in [2.75, 3.05) is 27.7 Å². The summed E-state index contributed by atoms with van der Waals surface area (Å²) in [6.45, 7) is 9.74. The molecular formula is C25H39N3O. The van der Waals surface area contributed by atoms with Gasteiger partial charge in [0.05, 0.1) is 6.04 Å². The van der Waals surface area contributed by atoms with Crippen LogP contribution in [-0.2, 0) is 17.8 Å². The van der Waals surface area contributed by atoms with E-state index in [0.29, 0.717) is 6.04 Å². The van der Waals surface area contributed by atoms with E-state index in [1.807, 2.05) is 19.2 Å². The van der Waals surface area contributed by atoms with E-state index in [-0.39, 0.29) is 11.9 Å². The van der Waals surface area contributed by atoms with Gasteiger partial charge in [-0.15, -0.1) is 6.58 Å². The second-order valence-corrected chi connectivity index (χ2v) is 8.32. The number of carbonyl (C=O) groups is 1. The fraction of sp³-hybridized carbons (Fsp3) is 0.560. The Bertz CT molecular complexity index is 685. The number of rotatable bonds is 11. The monoisotopic (exact) mass is 397 g/mol. The van der Waals surface area contributed by atoms with E-state index in [4.69, 9.17) is 0 Å². The molecule has 4 nitrogen and oxygen atoms in total. The van der Waals surface area contributed by atoms with Gasteiger partial charge in [-0.25, -0.2) is 0 Å². The highest BCUT2D eigenvalue weighted by Crippen LogP contribution is 2.22. The van der Waals surface area contributed by atoms with E-state index in [1.165, 1.54) is 43.4 Å². The van der Waals surface area contributed by atoms with Gasteiger partial charge in [-0.1, -0.05) is 43.4 Å². The first-order valence-electron chi connectivity index (χ1n) is 11.0. The smallest absolute Gasteiger partial charge is 0.237 e. The quantitative estimate of drug-likeness (QED) is 0.567. The summed E-state index contributed by atoms with van der Waals surface area (Å²) in [5, 5.41) is 2.80. The van der Waals surface area contributed by atoms with Crippen molar-refractivity contribution in [3.63, 3.8) is 0 Å². The van der Waals surface area contributed by atoms with Crippen molar-refractivity contribution in [1.82, 2.24) is 15.1 Å². The largest absolute Gasteiger partial charge is 0.358 e. The van der Waals surface area contributed by atoms with Crippen LogP contribution < -0.4 is 5.32 Å². The molecule has 0 aromatic heterocycles. The fourth-order valence-corrected chi connectivity index (χ4v) is 4.37. The molecule has 2 unspecified atom stereocenters. The number of hydrogen-bond donors (Lipinski definition) is 1. The first-order chi connectivity index (χ1) is 14.0. The first-order valence-corrected chi connectivity index (χ1v) is 11.0. The number of nitrogens with zero attached hydrogens (tertiary/aromatic N) is 2. The van der Waals surface area contributed by atoms with Crippen molar-refractivity contribution >= 4 is 12.0 Å². The molecule has 4 heteroatoms. The maximum Gasteiger partial charge on any atom is 0.237 e. The Labute approximate surface area is 177 Å². The number of nitrogens with one attached hydrogen (secondary N) is 1. The molecule has 0 radical (unpaired) electrons. The lowest BCUT2D eigenvalue weighted by atomic mass is 9.94. The molecule has 1 saturated heterocycles. The van der Waals surface area contributed by atoms with Gasteiger partial charge in [-0.3, -0.25) is 9.69 Å². The third-order valence-corrected chi connectivity index (χ3v) is 6.26. The minimum absolute atomic E-state index is 0.0611. The molecule has 2 atom stereocenters. The van der Waals surface area contributed by atoms with Crippen molar-refractivity contribution in [1.29, 1.82) is 0 Å². The number of allylic oxidation sites excluding steroid dienone is 1. The highest BCUT2D eigenvalue weighted by Gasteiger charge is 2.22. The molecule has 1 aliphatic rings. The molecule has 2 rings (SSSR count). The van der Waals surface area contributed by atoms with Crippen molar-refractivity contribution in [2.45, 2.75) is 63.6 Å². The number of likely N-dealkylation sites (N-methyl/N-ethyl adjacent to an activating group) is 2. The third kappa shape index (κ3) is 6.83. The first kappa shape index (κ1) is 23.4. The lowest BCUT2D eigenvalue weighted by molar-refractivity contribution is -0.125. The number of aryl methyl sites for hydroxylation is 1. The van der Waals surface area contributed by atoms with Gasteiger partial charge < -0.3 is 10.2 Å². The van der Waals surface area contributed by atoms with Crippen LogP contribution >= 0.6 is 0 Å². The Morgan fingerprint density at radius 2 is 2.17 bits per heavy atom. The molecule has 0 spiro atoms. The summed E-state index contributed by atoms with van der Waals surface area (Å²) in [5.41, 5.74) is 3.76. The molecule has 0 bridgehead atoms. The van der Waals surface area contributed by atoms with Gasteiger partial charge in [0.15, 0.2) is 0 Å². The molecule has 0 aliphatic carbocycles. The Balaban J connectivity index is 2.09. The summed E-state index contributed by atoms with van der Waals surface area (Å²) < 4.78 is 0. The molecule has 1 aliphatic heterocycles. The zero-order valence-corrected chi connectivity index (χ0v) is 18.6. The standard InChI is InChI=1S/C25H39N3O/c1-6-8-12-24(25(29)26-3)28(5)19-22-18-20(13-15-21(22)7-2)14-16-23-11-9-10-17-27(23)4/h6-7,13,15,18,23-24H,1-2,8-12,14,16-17,19H2,3-5H3,(H,26,29). The Morgan fingerprint density at radius 3 is 2.83 bits per heavy atom. The summed E-state index contributed by atoms with van der Waals surface area (Å²) in [5.74, 6) is 0.0611. The van der Waals surface area contributed by atoms with Crippen molar-refractivity contribution in [3.8, 4) is 0 Å². The number of hydrogen-bond acceptors (Lipinski definition) is 3. The second kappa shape index (κ2) is 11.9. The van der Waals surface area contributed by atoms with Gasteiger partial charge in [-0.05, 0) is 75.9 Å². The third-order valence-electron chi connectivity index (χ3n) is 6.26. The summed E-state index contributed by atoms with van der Waals surface area (Å²) in [7, 11) is 5.99. The van der Waals surface area contributed by atoms with Crippen LogP contribution in [-0.4, -0.2) is 55.5 Å². The molecule has 1 fully saturated rings. The Hall–Kier alpha value is -1.91. The maximum atomic E-state index is 12.4. The van der Waals surface area contributed by atoms with Crippen LogP contribution in [0.1, 0.15) is 55.2 Å². The van der Waals surface area contributed by atoms with E-state index >= 15 is 0 Å². The van der Waals surface area contributed by atoms with E-state index in [0.717, 1.165) is 31.4 Å². The fourth-order valence-electron chi connectivity index (χ4n) is 4.37. The van der Waals surface area contributed by atoms with Crippen molar-refractivity contribution < 1.29 is 4.79 Å². The van der Waals surface area contributed by atoms with Crippen molar-refractivity contribution in [2.24, 2.45) is 0 Å². The number of benzene rings is 1. The molecular weight excluding hydrogens is 358 g/mol. The van der Waals surface area contributed by atoms with Crippen LogP contribution in [0.2, 0.25) is 0 Å². The average Bonchev–Trinajstić information content (AvgIpc) is 2.73. The number of likely N-dealkylation sites (tertiary alicyclic amines) is 1. The number of amides is 1. The lowest BCUT2D eigenvalue weighted by Crippen LogP contribution is -2.43. The maximum absolute atomic E-state index is 12.4. The summed E-state index contributed by atoms with van der Waals surface area (Å²) >= 11 is 0. The van der Waals surface area contributed by atoms with Gasteiger partial charge in [0.1, 0.15) is 0 Å². The zero-order valence-electron chi connectivity index (χ0n) is 18.6. The van der Waals surface area contributed by atoms with Crippen molar-refractivity contribution in [3.05, 3.63) is 54.1 Å². The lowest BCUT2D eigenvalue weighted by Gasteiger charge is -2.32. The minimum Gasteiger partial charge on any atom is -0.358 e. The van der Waals surface area contributed by atoms with Gasteiger partial charge in [-0.2, -0.15) is 0 Å². The summed E-state index contributed by atoms with van der Waals surface area (Å²) in [6, 6.07) is 7.26. The second-order valence-electron chi connectivity index (χ2n) is 8.32. The molecule has 1 amide bonds. The SMILES string of the molecule is C=CCCC(C(=O)NC)N(C)Cc1cc(CCC2CCCCN2C)ccc1C=C. The van der Waals surface area contributed by atoms with E-state index in [1.54, 1.807) is 7.05 Å². The molecule has 1 heterocycles. The molecule has 1 aromatic carbocycles. The van der Waals surface area contributed by atoms with Gasteiger partial charge in [0.25, 0.3) is 0 Å². The van der Waals surface area contributed by atoms with Gasteiger partial charge in [0.2, 0.25) is 5.91 Å². The molecule has 29 heavy (non-hydrogen) atoms. The van der Waals surface area contributed by atoms with E-state index < -0.39 is 0 Å². The number of carbonyl (C=O) groups excluding carboxylic acids is 1. The molecule has 160 valence electrons.